The zero-order valence-corrected chi connectivity index (χ0v) is 12.1. The summed E-state index contributed by atoms with van der Waals surface area (Å²) < 4.78 is 0. The molecule has 0 fully saturated rings. The number of nitrogens with one attached hydrogen (secondary N) is 1. The highest BCUT2D eigenvalue weighted by Gasteiger charge is 2.12. The van der Waals surface area contributed by atoms with E-state index in [0.717, 1.165) is 30.8 Å². The monoisotopic (exact) mass is 263 g/mol. The molecular weight excluding hydrogens is 238 g/mol. The minimum Gasteiger partial charge on any atom is -0.399 e. The second-order valence-corrected chi connectivity index (χ2v) is 4.89. The van der Waals surface area contributed by atoms with E-state index < -0.39 is 0 Å². The second-order valence-electron chi connectivity index (χ2n) is 4.89. The van der Waals surface area contributed by atoms with Crippen LogP contribution < -0.4 is 16.0 Å². The number of rotatable bonds is 7. The number of hydrogen-bond acceptors (Lipinski definition) is 3. The van der Waals surface area contributed by atoms with Crippen molar-refractivity contribution in [3.63, 3.8) is 0 Å². The van der Waals surface area contributed by atoms with Gasteiger partial charge in [-0.25, -0.2) is 0 Å². The second kappa shape index (κ2) is 7.67. The molecule has 4 nitrogen and oxygen atoms in total. The van der Waals surface area contributed by atoms with E-state index in [0.29, 0.717) is 6.54 Å². The van der Waals surface area contributed by atoms with Gasteiger partial charge in [-0.1, -0.05) is 19.9 Å². The van der Waals surface area contributed by atoms with Crippen LogP contribution >= 0.6 is 0 Å². The lowest BCUT2D eigenvalue weighted by atomic mass is 10.2. The third kappa shape index (κ3) is 5.20. The van der Waals surface area contributed by atoms with Gasteiger partial charge in [-0.15, -0.1) is 0 Å². The van der Waals surface area contributed by atoms with Gasteiger partial charge in [0.05, 0.1) is 6.54 Å². The fourth-order valence-electron chi connectivity index (χ4n) is 1.89. The lowest BCUT2D eigenvalue weighted by Crippen LogP contribution is -2.41. The number of hydrogen-bond donors (Lipinski definition) is 2. The van der Waals surface area contributed by atoms with Crippen molar-refractivity contribution in [3.05, 3.63) is 24.3 Å². The van der Waals surface area contributed by atoms with E-state index in [9.17, 15) is 4.79 Å². The van der Waals surface area contributed by atoms with E-state index in [1.807, 2.05) is 31.2 Å². The van der Waals surface area contributed by atoms with Gasteiger partial charge in [-0.2, -0.15) is 0 Å². The van der Waals surface area contributed by atoms with Crippen LogP contribution in [0.2, 0.25) is 0 Å². The maximum Gasteiger partial charge on any atom is 0.239 e. The zero-order valence-electron chi connectivity index (χ0n) is 12.1. The summed E-state index contributed by atoms with van der Waals surface area (Å²) in [5.41, 5.74) is 7.52. The first-order valence-corrected chi connectivity index (χ1v) is 6.96. The van der Waals surface area contributed by atoms with Crippen LogP contribution in [0.1, 0.15) is 33.6 Å². The molecule has 1 aromatic carbocycles. The zero-order chi connectivity index (χ0) is 14.3. The lowest BCUT2D eigenvalue weighted by Gasteiger charge is -2.25. The Labute approximate surface area is 116 Å². The highest BCUT2D eigenvalue weighted by Crippen LogP contribution is 2.17. The van der Waals surface area contributed by atoms with Crippen LogP contribution in [0.3, 0.4) is 0 Å². The van der Waals surface area contributed by atoms with Crippen LogP contribution in [0.25, 0.3) is 0 Å². The quantitative estimate of drug-likeness (QED) is 0.743. The van der Waals surface area contributed by atoms with Crippen LogP contribution in [0.5, 0.6) is 0 Å². The molecule has 0 saturated carbocycles. The number of nitrogens with zero attached hydrogens (tertiary/aromatic N) is 1. The number of carbonyl (C=O) groups is 1. The molecule has 1 unspecified atom stereocenters. The van der Waals surface area contributed by atoms with Crippen LogP contribution in [-0.4, -0.2) is 25.0 Å². The summed E-state index contributed by atoms with van der Waals surface area (Å²) >= 11 is 0. The Kier molecular flexibility index (Phi) is 6.19. The molecule has 0 aromatic heterocycles. The van der Waals surface area contributed by atoms with E-state index in [-0.39, 0.29) is 11.9 Å². The van der Waals surface area contributed by atoms with Gasteiger partial charge in [0.2, 0.25) is 5.91 Å². The molecule has 1 rings (SSSR count). The van der Waals surface area contributed by atoms with Crippen LogP contribution in [0.15, 0.2) is 24.3 Å². The first kappa shape index (κ1) is 15.3. The first-order chi connectivity index (χ1) is 9.06. The molecule has 0 bridgehead atoms. The molecule has 0 saturated heterocycles. The third-order valence-corrected chi connectivity index (χ3v) is 3.08. The van der Waals surface area contributed by atoms with Crippen LogP contribution in [-0.2, 0) is 4.79 Å². The van der Waals surface area contributed by atoms with E-state index in [1.54, 1.807) is 0 Å². The molecule has 3 N–H and O–H groups in total. The summed E-state index contributed by atoms with van der Waals surface area (Å²) in [6, 6.07) is 7.89. The van der Waals surface area contributed by atoms with Gasteiger partial charge in [-0.3, -0.25) is 4.79 Å². The summed E-state index contributed by atoms with van der Waals surface area (Å²) in [4.78, 5) is 14.0. The van der Waals surface area contributed by atoms with Gasteiger partial charge in [-0.05, 0) is 38.0 Å². The predicted molar refractivity (Wildman–Crippen MR) is 81.3 cm³/mol. The fourth-order valence-corrected chi connectivity index (χ4v) is 1.89. The Morgan fingerprint density at radius 1 is 1.42 bits per heavy atom. The summed E-state index contributed by atoms with van der Waals surface area (Å²) in [6.07, 6.45) is 1.93. The van der Waals surface area contributed by atoms with Crippen molar-refractivity contribution in [2.75, 3.05) is 23.7 Å². The molecule has 0 aliphatic heterocycles. The SMILES string of the molecule is CCCN(CC(=O)NC(C)CC)c1cccc(N)c1. The largest absolute Gasteiger partial charge is 0.399 e. The van der Waals surface area contributed by atoms with Gasteiger partial charge >= 0.3 is 0 Å². The van der Waals surface area contributed by atoms with Crippen molar-refractivity contribution in [1.29, 1.82) is 0 Å². The first-order valence-electron chi connectivity index (χ1n) is 6.96. The topological polar surface area (TPSA) is 58.4 Å². The Bertz CT molecular complexity index is 406. The van der Waals surface area contributed by atoms with Crippen molar-refractivity contribution < 1.29 is 4.79 Å². The molecule has 0 aliphatic carbocycles. The molecule has 4 heteroatoms. The van der Waals surface area contributed by atoms with Gasteiger partial charge in [0.15, 0.2) is 0 Å². The molecule has 106 valence electrons. The number of carbonyl (C=O) groups excluding carboxylic acids is 1. The van der Waals surface area contributed by atoms with E-state index in [4.69, 9.17) is 5.73 Å². The average molecular weight is 263 g/mol. The number of amides is 1. The highest BCUT2D eigenvalue weighted by molar-refractivity contribution is 5.81. The standard InChI is InChI=1S/C15H25N3O/c1-4-9-18(11-15(19)17-12(3)5-2)14-8-6-7-13(16)10-14/h6-8,10,12H,4-5,9,11,16H2,1-3H3,(H,17,19). The molecule has 1 aromatic rings. The minimum atomic E-state index is 0.0604. The van der Waals surface area contributed by atoms with Crippen LogP contribution in [0, 0.1) is 0 Å². The van der Waals surface area contributed by atoms with Crippen molar-refractivity contribution >= 4 is 17.3 Å². The average Bonchev–Trinajstić information content (AvgIpc) is 2.38. The molecule has 0 aliphatic rings. The highest BCUT2D eigenvalue weighted by atomic mass is 16.2. The summed E-state index contributed by atoms with van der Waals surface area (Å²) in [7, 11) is 0. The molecule has 1 atom stereocenters. The van der Waals surface area contributed by atoms with Crippen molar-refractivity contribution in [3.8, 4) is 0 Å². The summed E-state index contributed by atoms with van der Waals surface area (Å²) in [6.45, 7) is 7.40. The maximum absolute atomic E-state index is 12.0. The number of benzene rings is 1. The summed E-state index contributed by atoms with van der Waals surface area (Å²) in [5, 5.41) is 2.99. The Morgan fingerprint density at radius 2 is 2.16 bits per heavy atom. The van der Waals surface area contributed by atoms with Crippen LogP contribution in [0.4, 0.5) is 11.4 Å². The van der Waals surface area contributed by atoms with Crippen molar-refractivity contribution in [2.24, 2.45) is 0 Å². The molecule has 19 heavy (non-hydrogen) atoms. The van der Waals surface area contributed by atoms with Crippen molar-refractivity contribution in [1.82, 2.24) is 5.32 Å². The van der Waals surface area contributed by atoms with Gasteiger partial charge in [0.1, 0.15) is 0 Å². The van der Waals surface area contributed by atoms with E-state index in [1.165, 1.54) is 0 Å². The summed E-state index contributed by atoms with van der Waals surface area (Å²) in [5.74, 6) is 0.0604. The maximum atomic E-state index is 12.0. The fraction of sp³-hybridized carbons (Fsp3) is 0.533. The number of anilines is 2. The van der Waals surface area contributed by atoms with Crippen molar-refractivity contribution in [2.45, 2.75) is 39.7 Å². The number of nitrogen functional groups attached to an aromatic ring is 1. The Balaban J connectivity index is 2.70. The smallest absolute Gasteiger partial charge is 0.239 e. The van der Waals surface area contributed by atoms with E-state index >= 15 is 0 Å². The van der Waals surface area contributed by atoms with Gasteiger partial charge in [0.25, 0.3) is 0 Å². The van der Waals surface area contributed by atoms with E-state index in [2.05, 4.69) is 24.1 Å². The Hall–Kier alpha value is -1.71. The molecule has 0 heterocycles. The predicted octanol–water partition coefficient (Wildman–Crippen LogP) is 2.40. The van der Waals surface area contributed by atoms with Gasteiger partial charge < -0.3 is 16.0 Å². The Morgan fingerprint density at radius 3 is 2.74 bits per heavy atom. The lowest BCUT2D eigenvalue weighted by molar-refractivity contribution is -0.120. The normalized spacial score (nSPS) is 11.9. The molecular formula is C15H25N3O. The minimum absolute atomic E-state index is 0.0604. The molecule has 0 spiro atoms. The number of nitrogens with two attached hydrogens (primary N) is 1. The third-order valence-electron chi connectivity index (χ3n) is 3.08. The molecule has 1 amide bonds. The van der Waals surface area contributed by atoms with Gasteiger partial charge in [0, 0.05) is 24.0 Å². The molecule has 0 radical (unpaired) electrons.